The molecule has 1 heterocycles. The molecular weight excluding hydrogens is 256 g/mol. The summed E-state index contributed by atoms with van der Waals surface area (Å²) in [5.41, 5.74) is 0.446. The van der Waals surface area contributed by atoms with Gasteiger partial charge in [-0.05, 0) is 34.8 Å². The summed E-state index contributed by atoms with van der Waals surface area (Å²) in [5, 5.41) is 1.81. The minimum atomic E-state index is -2.41. The summed E-state index contributed by atoms with van der Waals surface area (Å²) in [4.78, 5) is 0.430. The maximum atomic E-state index is 13.9. The van der Waals surface area contributed by atoms with Crippen molar-refractivity contribution in [1.82, 2.24) is 4.57 Å². The molecule has 1 aromatic carbocycles. The first-order valence-corrected chi connectivity index (χ1v) is 7.70. The van der Waals surface area contributed by atoms with Gasteiger partial charge in [-0.1, -0.05) is 0 Å². The SMILES string of the molecule is CC=S(C)(=O)c1cn(CC)c2cc(F)cc(F)c12. The topological polar surface area (TPSA) is 22.0 Å². The molecule has 0 fully saturated rings. The van der Waals surface area contributed by atoms with Crippen LogP contribution in [0.2, 0.25) is 0 Å². The van der Waals surface area contributed by atoms with E-state index in [1.54, 1.807) is 29.3 Å². The molecule has 0 bridgehead atoms. The van der Waals surface area contributed by atoms with Crippen molar-refractivity contribution in [2.75, 3.05) is 6.26 Å². The van der Waals surface area contributed by atoms with E-state index in [9.17, 15) is 13.0 Å². The molecule has 0 spiro atoms. The summed E-state index contributed by atoms with van der Waals surface area (Å²) in [6.07, 6.45) is 3.21. The molecule has 1 aromatic heterocycles. The van der Waals surface area contributed by atoms with Gasteiger partial charge in [0.2, 0.25) is 0 Å². The molecule has 2 aromatic rings. The van der Waals surface area contributed by atoms with Crippen molar-refractivity contribution >= 4 is 25.8 Å². The third-order valence-corrected chi connectivity index (χ3v) is 5.17. The van der Waals surface area contributed by atoms with Crippen LogP contribution in [0.4, 0.5) is 8.78 Å². The molecule has 0 aliphatic carbocycles. The molecular formula is C13H15F2NOS. The Morgan fingerprint density at radius 1 is 1.39 bits per heavy atom. The van der Waals surface area contributed by atoms with E-state index in [0.29, 0.717) is 17.0 Å². The van der Waals surface area contributed by atoms with Crippen LogP contribution in [0.15, 0.2) is 23.2 Å². The van der Waals surface area contributed by atoms with Crippen molar-refractivity contribution in [3.05, 3.63) is 30.0 Å². The van der Waals surface area contributed by atoms with E-state index in [4.69, 9.17) is 0 Å². The van der Waals surface area contributed by atoms with Gasteiger partial charge in [0.1, 0.15) is 11.6 Å². The maximum Gasteiger partial charge on any atom is 0.136 e. The van der Waals surface area contributed by atoms with Gasteiger partial charge in [-0.3, -0.25) is 4.21 Å². The van der Waals surface area contributed by atoms with E-state index in [-0.39, 0.29) is 5.39 Å². The molecule has 5 heteroatoms. The Balaban J connectivity index is 2.98. The minimum absolute atomic E-state index is 0.254. The summed E-state index contributed by atoms with van der Waals surface area (Å²) >= 11 is 0. The highest BCUT2D eigenvalue weighted by Crippen LogP contribution is 2.29. The van der Waals surface area contributed by atoms with Crippen molar-refractivity contribution in [2.24, 2.45) is 0 Å². The lowest BCUT2D eigenvalue weighted by molar-refractivity contribution is 0.590. The first-order chi connectivity index (χ1) is 8.40. The van der Waals surface area contributed by atoms with E-state index < -0.39 is 21.2 Å². The first kappa shape index (κ1) is 13.1. The van der Waals surface area contributed by atoms with Crippen LogP contribution < -0.4 is 0 Å². The van der Waals surface area contributed by atoms with Crippen LogP contribution in [0.25, 0.3) is 10.9 Å². The highest BCUT2D eigenvalue weighted by Gasteiger charge is 2.18. The van der Waals surface area contributed by atoms with Gasteiger partial charge in [0.25, 0.3) is 0 Å². The van der Waals surface area contributed by atoms with Crippen LogP contribution in [0.3, 0.4) is 0 Å². The van der Waals surface area contributed by atoms with Crippen molar-refractivity contribution in [2.45, 2.75) is 25.3 Å². The molecule has 0 saturated carbocycles. The van der Waals surface area contributed by atoms with Gasteiger partial charge in [-0.2, -0.15) is 0 Å². The van der Waals surface area contributed by atoms with E-state index >= 15 is 0 Å². The van der Waals surface area contributed by atoms with E-state index in [0.717, 1.165) is 6.07 Å². The zero-order valence-corrected chi connectivity index (χ0v) is 11.4. The van der Waals surface area contributed by atoms with Crippen LogP contribution in [0, 0.1) is 11.6 Å². The van der Waals surface area contributed by atoms with Gasteiger partial charge in [0, 0.05) is 25.1 Å². The lowest BCUT2D eigenvalue weighted by Gasteiger charge is -2.03. The average Bonchev–Trinajstić information content (AvgIpc) is 2.68. The summed E-state index contributed by atoms with van der Waals surface area (Å²) in [6, 6.07) is 2.10. The Labute approximate surface area is 105 Å². The number of aryl methyl sites for hydroxylation is 1. The third kappa shape index (κ3) is 1.92. The molecule has 0 aliphatic heterocycles. The molecule has 1 unspecified atom stereocenters. The molecule has 0 aliphatic rings. The molecule has 0 amide bonds. The van der Waals surface area contributed by atoms with Crippen LogP contribution in [-0.4, -0.2) is 20.4 Å². The minimum Gasteiger partial charge on any atom is -0.346 e. The molecule has 2 nitrogen and oxygen atoms in total. The second kappa shape index (κ2) is 4.39. The molecule has 0 N–H and O–H groups in total. The Kier molecular flexibility index (Phi) is 3.19. The van der Waals surface area contributed by atoms with Crippen molar-refractivity contribution in [3.8, 4) is 0 Å². The number of aromatic nitrogens is 1. The van der Waals surface area contributed by atoms with Gasteiger partial charge in [-0.25, -0.2) is 8.78 Å². The Morgan fingerprint density at radius 3 is 2.61 bits per heavy atom. The van der Waals surface area contributed by atoms with E-state index in [2.05, 4.69) is 0 Å². The summed E-state index contributed by atoms with van der Waals surface area (Å²) in [5.74, 6) is -1.29. The highest BCUT2D eigenvalue weighted by atomic mass is 32.2. The van der Waals surface area contributed by atoms with Gasteiger partial charge >= 0.3 is 0 Å². The Bertz CT molecular complexity index is 724. The fourth-order valence-corrected chi connectivity index (χ4v) is 3.20. The average molecular weight is 271 g/mol. The van der Waals surface area contributed by atoms with Crippen molar-refractivity contribution in [3.63, 3.8) is 0 Å². The summed E-state index contributed by atoms with van der Waals surface area (Å²) in [7, 11) is -2.41. The van der Waals surface area contributed by atoms with Crippen molar-refractivity contribution in [1.29, 1.82) is 0 Å². The normalized spacial score (nSPS) is 14.7. The second-order valence-electron chi connectivity index (χ2n) is 4.20. The highest BCUT2D eigenvalue weighted by molar-refractivity contribution is 8.00. The molecule has 2 rings (SSSR count). The molecule has 18 heavy (non-hydrogen) atoms. The number of fused-ring (bicyclic) bond motifs is 1. The Morgan fingerprint density at radius 2 is 2.06 bits per heavy atom. The van der Waals surface area contributed by atoms with Gasteiger partial charge in [0.05, 0.1) is 15.8 Å². The summed E-state index contributed by atoms with van der Waals surface area (Å²) < 4.78 is 41.3. The third-order valence-electron chi connectivity index (χ3n) is 3.09. The second-order valence-corrected chi connectivity index (χ2v) is 6.92. The maximum absolute atomic E-state index is 13.9. The van der Waals surface area contributed by atoms with E-state index in [1.165, 1.54) is 6.07 Å². The zero-order valence-electron chi connectivity index (χ0n) is 10.5. The largest absolute Gasteiger partial charge is 0.346 e. The summed E-state index contributed by atoms with van der Waals surface area (Å²) in [6.45, 7) is 4.12. The fraction of sp³-hybridized carbons (Fsp3) is 0.308. The number of hydrogen-bond acceptors (Lipinski definition) is 1. The predicted molar refractivity (Wildman–Crippen MR) is 71.6 cm³/mol. The smallest absolute Gasteiger partial charge is 0.136 e. The molecule has 0 radical (unpaired) electrons. The monoisotopic (exact) mass is 271 g/mol. The standard InChI is InChI=1S/C13H15F2NOS/c1-4-16-8-12(18(3,17)5-2)13-10(15)6-9(14)7-11(13)16/h5-8H,4H2,1-3H3. The van der Waals surface area contributed by atoms with Crippen LogP contribution >= 0.6 is 0 Å². The number of nitrogens with zero attached hydrogens (tertiary/aromatic N) is 1. The van der Waals surface area contributed by atoms with Gasteiger partial charge in [-0.15, -0.1) is 0 Å². The predicted octanol–water partition coefficient (Wildman–Crippen LogP) is 3.03. The molecule has 98 valence electrons. The first-order valence-electron chi connectivity index (χ1n) is 5.67. The number of halogens is 2. The van der Waals surface area contributed by atoms with Crippen LogP contribution in [-0.2, 0) is 16.1 Å². The van der Waals surface area contributed by atoms with Crippen molar-refractivity contribution < 1.29 is 13.0 Å². The van der Waals surface area contributed by atoms with E-state index in [1.807, 2.05) is 6.92 Å². The Hall–Kier alpha value is -1.36. The van der Waals surface area contributed by atoms with Gasteiger partial charge in [0.15, 0.2) is 0 Å². The lowest BCUT2D eigenvalue weighted by Crippen LogP contribution is -2.00. The number of rotatable bonds is 2. The lowest BCUT2D eigenvalue weighted by atomic mass is 10.2. The van der Waals surface area contributed by atoms with Crippen LogP contribution in [0.5, 0.6) is 0 Å². The quantitative estimate of drug-likeness (QED) is 0.770. The molecule has 1 atom stereocenters. The molecule has 0 saturated heterocycles. The zero-order chi connectivity index (χ0) is 13.5. The number of benzene rings is 1. The fourth-order valence-electron chi connectivity index (χ4n) is 2.00. The van der Waals surface area contributed by atoms with Crippen LogP contribution in [0.1, 0.15) is 13.8 Å². The number of hydrogen-bond donors (Lipinski definition) is 0. The van der Waals surface area contributed by atoms with Gasteiger partial charge < -0.3 is 4.57 Å².